The zero-order valence-electron chi connectivity index (χ0n) is 15.2. The van der Waals surface area contributed by atoms with Gasteiger partial charge in [0, 0.05) is 37.8 Å². The van der Waals surface area contributed by atoms with Gasteiger partial charge in [0.2, 0.25) is 5.91 Å². The summed E-state index contributed by atoms with van der Waals surface area (Å²) in [5.74, 6) is 0.0489. The van der Waals surface area contributed by atoms with E-state index in [9.17, 15) is 4.79 Å². The Hall–Kier alpha value is -2.95. The van der Waals surface area contributed by atoms with Gasteiger partial charge in [0.15, 0.2) is 0 Å². The Morgan fingerprint density at radius 3 is 2.65 bits per heavy atom. The second-order valence-electron chi connectivity index (χ2n) is 6.55. The Labute approximate surface area is 154 Å². The predicted octanol–water partition coefficient (Wildman–Crippen LogP) is 3.58. The zero-order valence-corrected chi connectivity index (χ0v) is 15.2. The average molecular weight is 348 g/mol. The third-order valence-corrected chi connectivity index (χ3v) is 4.47. The molecule has 0 fully saturated rings. The third-order valence-electron chi connectivity index (χ3n) is 4.47. The number of pyridine rings is 1. The molecule has 5 heteroatoms. The average Bonchev–Trinajstić information content (AvgIpc) is 3.16. The van der Waals surface area contributed by atoms with Crippen molar-refractivity contribution in [2.24, 2.45) is 0 Å². The highest BCUT2D eigenvalue weighted by Crippen LogP contribution is 2.25. The van der Waals surface area contributed by atoms with E-state index >= 15 is 0 Å². The molecule has 0 aliphatic carbocycles. The van der Waals surface area contributed by atoms with Crippen LogP contribution in [0.25, 0.3) is 0 Å². The fourth-order valence-electron chi connectivity index (χ4n) is 3.04. The van der Waals surface area contributed by atoms with Crippen molar-refractivity contribution in [2.75, 3.05) is 0 Å². The number of carbonyl (C=O) groups excluding carboxylic acids is 1. The predicted molar refractivity (Wildman–Crippen MR) is 102 cm³/mol. The number of aryl methyl sites for hydroxylation is 3. The van der Waals surface area contributed by atoms with Crippen molar-refractivity contribution in [3.8, 4) is 0 Å². The first-order valence-corrected chi connectivity index (χ1v) is 8.85. The van der Waals surface area contributed by atoms with Crippen molar-refractivity contribution in [3.63, 3.8) is 0 Å². The molecule has 5 nitrogen and oxygen atoms in total. The Kier molecular flexibility index (Phi) is 5.79. The van der Waals surface area contributed by atoms with Crippen LogP contribution in [0.5, 0.6) is 0 Å². The lowest BCUT2D eigenvalue weighted by molar-refractivity contribution is -0.121. The maximum atomic E-state index is 12.6. The Balaban J connectivity index is 1.73. The van der Waals surface area contributed by atoms with Gasteiger partial charge in [-0.1, -0.05) is 23.8 Å². The molecule has 1 N–H and O–H groups in total. The first-order valence-electron chi connectivity index (χ1n) is 8.85. The Morgan fingerprint density at radius 1 is 1.12 bits per heavy atom. The first-order chi connectivity index (χ1) is 12.6. The number of imidazole rings is 1. The molecule has 0 saturated carbocycles. The largest absolute Gasteiger partial charge is 0.345 e. The molecule has 0 aliphatic rings. The molecule has 1 aromatic carbocycles. The summed E-state index contributed by atoms with van der Waals surface area (Å²) in [5, 5.41) is 3.21. The van der Waals surface area contributed by atoms with E-state index < -0.39 is 0 Å². The van der Waals surface area contributed by atoms with Crippen LogP contribution in [0.1, 0.15) is 41.1 Å². The smallest absolute Gasteiger partial charge is 0.220 e. The van der Waals surface area contributed by atoms with Crippen molar-refractivity contribution in [1.29, 1.82) is 0 Å². The lowest BCUT2D eigenvalue weighted by atomic mass is 9.94. The van der Waals surface area contributed by atoms with Crippen LogP contribution in [0, 0.1) is 13.8 Å². The molecule has 26 heavy (non-hydrogen) atoms. The van der Waals surface area contributed by atoms with Gasteiger partial charge in [-0.05, 0) is 49.1 Å². The minimum Gasteiger partial charge on any atom is -0.345 e. The summed E-state index contributed by atoms with van der Waals surface area (Å²) < 4.78 is 1.98. The van der Waals surface area contributed by atoms with Crippen molar-refractivity contribution in [2.45, 2.75) is 39.3 Å². The highest BCUT2D eigenvalue weighted by molar-refractivity contribution is 5.77. The number of nitrogens with zero attached hydrogens (tertiary/aromatic N) is 3. The van der Waals surface area contributed by atoms with E-state index in [0.29, 0.717) is 6.42 Å². The highest BCUT2D eigenvalue weighted by atomic mass is 16.1. The Morgan fingerprint density at radius 2 is 1.92 bits per heavy atom. The quantitative estimate of drug-likeness (QED) is 0.710. The number of amides is 1. The van der Waals surface area contributed by atoms with Gasteiger partial charge in [-0.25, -0.2) is 4.98 Å². The molecule has 1 unspecified atom stereocenters. The van der Waals surface area contributed by atoms with E-state index in [4.69, 9.17) is 0 Å². The summed E-state index contributed by atoms with van der Waals surface area (Å²) in [4.78, 5) is 20.7. The van der Waals surface area contributed by atoms with Crippen molar-refractivity contribution in [3.05, 3.63) is 83.7 Å². The topological polar surface area (TPSA) is 59.8 Å². The molecule has 2 aromatic heterocycles. The lowest BCUT2D eigenvalue weighted by Gasteiger charge is -2.22. The second-order valence-corrected chi connectivity index (χ2v) is 6.55. The third kappa shape index (κ3) is 4.57. The summed E-state index contributed by atoms with van der Waals surface area (Å²) in [7, 11) is 0. The number of nitrogens with one attached hydrogen (secondary N) is 1. The number of benzene rings is 1. The van der Waals surface area contributed by atoms with E-state index in [1.54, 1.807) is 24.9 Å². The van der Waals surface area contributed by atoms with Gasteiger partial charge in [0.25, 0.3) is 0 Å². The molecule has 3 aromatic rings. The summed E-state index contributed by atoms with van der Waals surface area (Å²) in [6.45, 7) is 4.93. The van der Waals surface area contributed by atoms with E-state index in [1.807, 2.05) is 22.9 Å². The summed E-state index contributed by atoms with van der Waals surface area (Å²) >= 11 is 0. The minimum absolute atomic E-state index is 0.0489. The Bertz CT molecular complexity index is 844. The van der Waals surface area contributed by atoms with Gasteiger partial charge in [0.1, 0.15) is 0 Å². The number of carbonyl (C=O) groups is 1. The molecular weight excluding hydrogens is 324 g/mol. The van der Waals surface area contributed by atoms with Gasteiger partial charge in [-0.15, -0.1) is 0 Å². The molecule has 0 radical (unpaired) electrons. The summed E-state index contributed by atoms with van der Waals surface area (Å²) in [6.07, 6.45) is 10.2. The second kappa shape index (κ2) is 8.43. The van der Waals surface area contributed by atoms with Crippen LogP contribution in [-0.2, 0) is 11.3 Å². The van der Waals surface area contributed by atoms with E-state index in [1.165, 1.54) is 5.56 Å². The summed E-state index contributed by atoms with van der Waals surface area (Å²) in [5.41, 5.74) is 4.51. The SMILES string of the molecule is Cc1ccc(C)c(C(NC(=O)CCCn2ccnc2)c2ccncc2)c1. The van der Waals surface area contributed by atoms with Gasteiger partial charge in [-0.2, -0.15) is 0 Å². The van der Waals surface area contributed by atoms with Crippen molar-refractivity contribution in [1.82, 2.24) is 19.9 Å². The van der Waals surface area contributed by atoms with Gasteiger partial charge in [-0.3, -0.25) is 9.78 Å². The molecule has 0 spiro atoms. The van der Waals surface area contributed by atoms with Crippen molar-refractivity contribution < 1.29 is 4.79 Å². The monoisotopic (exact) mass is 348 g/mol. The van der Waals surface area contributed by atoms with Gasteiger partial charge in [0.05, 0.1) is 12.4 Å². The molecule has 134 valence electrons. The van der Waals surface area contributed by atoms with Gasteiger partial charge < -0.3 is 9.88 Å². The number of hydrogen-bond acceptors (Lipinski definition) is 3. The lowest BCUT2D eigenvalue weighted by Crippen LogP contribution is -2.30. The minimum atomic E-state index is -0.168. The molecule has 2 heterocycles. The van der Waals surface area contributed by atoms with Crippen molar-refractivity contribution >= 4 is 5.91 Å². The molecule has 1 atom stereocenters. The number of hydrogen-bond donors (Lipinski definition) is 1. The molecule has 0 bridgehead atoms. The first kappa shape index (κ1) is 17.9. The van der Waals surface area contributed by atoms with Crippen LogP contribution in [0.4, 0.5) is 0 Å². The molecule has 0 saturated heterocycles. The van der Waals surface area contributed by atoms with Gasteiger partial charge >= 0.3 is 0 Å². The molecule has 3 rings (SSSR count). The fraction of sp³-hybridized carbons (Fsp3) is 0.286. The van der Waals surface area contributed by atoms with Crippen LogP contribution in [0.3, 0.4) is 0 Å². The van der Waals surface area contributed by atoms with Crippen LogP contribution >= 0.6 is 0 Å². The molecule has 1 amide bonds. The van der Waals surface area contributed by atoms with Crippen LogP contribution < -0.4 is 5.32 Å². The van der Waals surface area contributed by atoms with Crippen LogP contribution in [-0.4, -0.2) is 20.4 Å². The van der Waals surface area contributed by atoms with Crippen LogP contribution in [0.2, 0.25) is 0 Å². The van der Waals surface area contributed by atoms with E-state index in [2.05, 4.69) is 47.3 Å². The normalized spacial score (nSPS) is 11.9. The maximum Gasteiger partial charge on any atom is 0.220 e. The summed E-state index contributed by atoms with van der Waals surface area (Å²) in [6, 6.07) is 10.1. The molecular formula is C21H24N4O. The standard InChI is InChI=1S/C21H24N4O/c1-16-5-6-17(2)19(14-16)21(18-7-9-22-10-8-18)24-20(26)4-3-12-25-13-11-23-15-25/h5-11,13-15,21H,3-4,12H2,1-2H3,(H,24,26). The number of aromatic nitrogens is 3. The van der Waals surface area contributed by atoms with E-state index in [-0.39, 0.29) is 11.9 Å². The van der Waals surface area contributed by atoms with Crippen LogP contribution in [0.15, 0.2) is 61.4 Å². The zero-order chi connectivity index (χ0) is 18.4. The van der Waals surface area contributed by atoms with E-state index in [0.717, 1.165) is 29.7 Å². The highest BCUT2D eigenvalue weighted by Gasteiger charge is 2.18. The fourth-order valence-corrected chi connectivity index (χ4v) is 3.04. The molecule has 0 aliphatic heterocycles. The maximum absolute atomic E-state index is 12.6. The number of rotatable bonds is 7.